The maximum atomic E-state index is 12.3. The summed E-state index contributed by atoms with van der Waals surface area (Å²) in [6.07, 6.45) is 0. The molecule has 5 heteroatoms. The third-order valence-electron chi connectivity index (χ3n) is 2.36. The second kappa shape index (κ2) is 5.43. The van der Waals surface area contributed by atoms with Crippen LogP contribution in [0.5, 0.6) is 0 Å². The number of anilines is 1. The van der Waals surface area contributed by atoms with Crippen LogP contribution in [-0.2, 0) is 0 Å². The second-order valence-corrected chi connectivity index (χ2v) is 5.97. The number of benzene rings is 2. The van der Waals surface area contributed by atoms with E-state index in [-0.39, 0.29) is 5.78 Å². The van der Waals surface area contributed by atoms with Crippen molar-refractivity contribution in [3.8, 4) is 0 Å². The third-order valence-corrected chi connectivity index (χ3v) is 3.59. The largest absolute Gasteiger partial charge is 0.399 e. The fourth-order valence-electron chi connectivity index (χ4n) is 1.56. The number of hydrogen-bond acceptors (Lipinski definition) is 2. The van der Waals surface area contributed by atoms with Gasteiger partial charge in [0.2, 0.25) is 0 Å². The normalized spacial score (nSPS) is 10.4. The van der Waals surface area contributed by atoms with Gasteiger partial charge in [-0.2, -0.15) is 0 Å². The lowest BCUT2D eigenvalue weighted by atomic mass is 10.0. The van der Waals surface area contributed by atoms with Crippen molar-refractivity contribution in [3.05, 3.63) is 61.5 Å². The highest BCUT2D eigenvalue weighted by Gasteiger charge is 2.14. The molecule has 2 rings (SSSR count). The Morgan fingerprint density at radius 3 is 2.22 bits per heavy atom. The molecule has 2 aromatic carbocycles. The molecule has 0 amide bonds. The van der Waals surface area contributed by atoms with Crippen LogP contribution in [0.15, 0.2) is 45.3 Å². The van der Waals surface area contributed by atoms with E-state index >= 15 is 0 Å². The smallest absolute Gasteiger partial charge is 0.194 e. The van der Waals surface area contributed by atoms with E-state index in [4.69, 9.17) is 17.3 Å². The first kappa shape index (κ1) is 13.6. The van der Waals surface area contributed by atoms with Crippen LogP contribution < -0.4 is 5.73 Å². The molecule has 0 heterocycles. The van der Waals surface area contributed by atoms with Crippen molar-refractivity contribution in [2.75, 3.05) is 5.73 Å². The Morgan fingerprint density at radius 1 is 1.06 bits per heavy atom. The van der Waals surface area contributed by atoms with Crippen molar-refractivity contribution in [2.45, 2.75) is 0 Å². The first-order valence-corrected chi connectivity index (χ1v) is 6.99. The first-order valence-electron chi connectivity index (χ1n) is 5.03. The SMILES string of the molecule is Nc1ccc(C(=O)c2cc(Br)cc(Br)c2)c(Cl)c1. The van der Waals surface area contributed by atoms with Crippen molar-refractivity contribution >= 4 is 54.9 Å². The highest BCUT2D eigenvalue weighted by molar-refractivity contribution is 9.11. The van der Waals surface area contributed by atoms with Crippen LogP contribution >= 0.6 is 43.5 Å². The topological polar surface area (TPSA) is 43.1 Å². The molecule has 0 saturated heterocycles. The van der Waals surface area contributed by atoms with E-state index in [1.54, 1.807) is 30.3 Å². The van der Waals surface area contributed by atoms with Gasteiger partial charge in [0, 0.05) is 25.8 Å². The predicted octanol–water partition coefficient (Wildman–Crippen LogP) is 4.68. The van der Waals surface area contributed by atoms with Crippen molar-refractivity contribution in [3.63, 3.8) is 0 Å². The summed E-state index contributed by atoms with van der Waals surface area (Å²) < 4.78 is 1.65. The lowest BCUT2D eigenvalue weighted by molar-refractivity contribution is 0.103. The van der Waals surface area contributed by atoms with Crippen LogP contribution in [0.25, 0.3) is 0 Å². The minimum atomic E-state index is -0.137. The standard InChI is InChI=1S/C13H8Br2ClNO/c14-8-3-7(4-9(15)5-8)13(18)11-2-1-10(17)6-12(11)16/h1-6H,17H2. The average Bonchev–Trinajstić information content (AvgIpc) is 2.26. The second-order valence-electron chi connectivity index (χ2n) is 3.73. The van der Waals surface area contributed by atoms with Crippen LogP contribution in [0.3, 0.4) is 0 Å². The first-order chi connectivity index (χ1) is 8.47. The number of rotatable bonds is 2. The van der Waals surface area contributed by atoms with Gasteiger partial charge in [-0.3, -0.25) is 4.79 Å². The van der Waals surface area contributed by atoms with Gasteiger partial charge in [-0.1, -0.05) is 43.5 Å². The molecule has 0 aliphatic heterocycles. The van der Waals surface area contributed by atoms with Gasteiger partial charge >= 0.3 is 0 Å². The van der Waals surface area contributed by atoms with Gasteiger partial charge < -0.3 is 5.73 Å². The van der Waals surface area contributed by atoms with Crippen molar-refractivity contribution in [1.82, 2.24) is 0 Å². The molecule has 0 atom stereocenters. The van der Waals surface area contributed by atoms with E-state index in [0.717, 1.165) is 8.95 Å². The summed E-state index contributed by atoms with van der Waals surface area (Å²) in [6, 6.07) is 10.2. The van der Waals surface area contributed by atoms with Crippen LogP contribution in [0, 0.1) is 0 Å². The van der Waals surface area contributed by atoms with E-state index in [2.05, 4.69) is 31.9 Å². The molecule has 0 aromatic heterocycles. The van der Waals surface area contributed by atoms with Crippen LogP contribution in [0.1, 0.15) is 15.9 Å². The van der Waals surface area contributed by atoms with Crippen LogP contribution in [0.2, 0.25) is 5.02 Å². The number of nitrogens with two attached hydrogens (primary N) is 1. The number of nitrogen functional groups attached to an aromatic ring is 1. The molecule has 2 N–H and O–H groups in total. The molecular weight excluding hydrogens is 381 g/mol. The lowest BCUT2D eigenvalue weighted by Crippen LogP contribution is -2.03. The zero-order chi connectivity index (χ0) is 13.3. The lowest BCUT2D eigenvalue weighted by Gasteiger charge is -2.06. The molecule has 0 saturated carbocycles. The van der Waals surface area contributed by atoms with Gasteiger partial charge in [-0.15, -0.1) is 0 Å². The fraction of sp³-hybridized carbons (Fsp3) is 0. The number of carbonyl (C=O) groups excluding carboxylic acids is 1. The summed E-state index contributed by atoms with van der Waals surface area (Å²) in [5, 5.41) is 0.357. The van der Waals surface area contributed by atoms with E-state index in [9.17, 15) is 4.79 Å². The molecule has 92 valence electrons. The Labute approximate surface area is 126 Å². The molecule has 0 radical (unpaired) electrons. The highest BCUT2D eigenvalue weighted by atomic mass is 79.9. The van der Waals surface area contributed by atoms with Gasteiger partial charge in [-0.25, -0.2) is 0 Å². The maximum absolute atomic E-state index is 12.3. The third kappa shape index (κ3) is 2.94. The molecule has 0 aliphatic rings. The Bertz CT molecular complexity index is 608. The van der Waals surface area contributed by atoms with E-state index in [0.29, 0.717) is 21.8 Å². The Balaban J connectivity index is 2.47. The van der Waals surface area contributed by atoms with Crippen molar-refractivity contribution in [1.29, 1.82) is 0 Å². The van der Waals surface area contributed by atoms with Gasteiger partial charge in [0.1, 0.15) is 0 Å². The quantitative estimate of drug-likeness (QED) is 0.599. The maximum Gasteiger partial charge on any atom is 0.194 e. The Morgan fingerprint density at radius 2 is 1.67 bits per heavy atom. The number of ketones is 1. The zero-order valence-electron chi connectivity index (χ0n) is 9.08. The van der Waals surface area contributed by atoms with Crippen molar-refractivity contribution < 1.29 is 4.79 Å². The Kier molecular flexibility index (Phi) is 4.10. The molecule has 2 aromatic rings. The molecule has 2 nitrogen and oxygen atoms in total. The molecule has 0 aliphatic carbocycles. The number of halogens is 3. The van der Waals surface area contributed by atoms with Crippen LogP contribution in [-0.4, -0.2) is 5.78 Å². The molecule has 0 unspecified atom stereocenters. The number of hydrogen-bond donors (Lipinski definition) is 1. The monoisotopic (exact) mass is 387 g/mol. The van der Waals surface area contributed by atoms with E-state index < -0.39 is 0 Å². The van der Waals surface area contributed by atoms with Crippen LogP contribution in [0.4, 0.5) is 5.69 Å². The molecule has 0 bridgehead atoms. The van der Waals surface area contributed by atoms with E-state index in [1.807, 2.05) is 6.07 Å². The minimum absolute atomic E-state index is 0.137. The average molecular weight is 389 g/mol. The van der Waals surface area contributed by atoms with Crippen molar-refractivity contribution in [2.24, 2.45) is 0 Å². The minimum Gasteiger partial charge on any atom is -0.399 e. The molecule has 18 heavy (non-hydrogen) atoms. The summed E-state index contributed by atoms with van der Waals surface area (Å²) in [4.78, 5) is 12.3. The highest BCUT2D eigenvalue weighted by Crippen LogP contribution is 2.25. The molecule has 0 spiro atoms. The van der Waals surface area contributed by atoms with Gasteiger partial charge in [0.05, 0.1) is 5.02 Å². The summed E-state index contributed by atoms with van der Waals surface area (Å²) in [5.41, 5.74) is 7.14. The van der Waals surface area contributed by atoms with E-state index in [1.165, 1.54) is 0 Å². The summed E-state index contributed by atoms with van der Waals surface area (Å²) in [5.74, 6) is -0.137. The predicted molar refractivity (Wildman–Crippen MR) is 81.1 cm³/mol. The molecular formula is C13H8Br2ClNO. The summed E-state index contributed by atoms with van der Waals surface area (Å²) in [6.45, 7) is 0. The van der Waals surface area contributed by atoms with Gasteiger partial charge in [0.25, 0.3) is 0 Å². The zero-order valence-corrected chi connectivity index (χ0v) is 13.0. The summed E-state index contributed by atoms with van der Waals surface area (Å²) >= 11 is 12.7. The fourth-order valence-corrected chi connectivity index (χ4v) is 3.12. The van der Waals surface area contributed by atoms with Gasteiger partial charge in [-0.05, 0) is 36.4 Å². The van der Waals surface area contributed by atoms with Gasteiger partial charge in [0.15, 0.2) is 5.78 Å². The Hall–Kier alpha value is -0.840. The number of carbonyl (C=O) groups is 1. The summed E-state index contributed by atoms with van der Waals surface area (Å²) in [7, 11) is 0. The molecule has 0 fully saturated rings.